The zero-order valence-electron chi connectivity index (χ0n) is 8.99. The Labute approximate surface area is 93.1 Å². The topological polar surface area (TPSA) is 76.2 Å². The summed E-state index contributed by atoms with van der Waals surface area (Å²) >= 11 is 1.25. The van der Waals surface area contributed by atoms with Gasteiger partial charge in [-0.05, 0) is 6.42 Å². The molecule has 0 aliphatic heterocycles. The van der Waals surface area contributed by atoms with Crippen molar-refractivity contribution >= 4 is 17.3 Å². The van der Waals surface area contributed by atoms with Crippen molar-refractivity contribution in [2.45, 2.75) is 32.6 Å². The predicted molar refractivity (Wildman–Crippen MR) is 60.5 cm³/mol. The Balaban J connectivity index is 3.03. The number of rotatable bonds is 5. The number of aryl methyl sites for hydroxylation is 1. The highest BCUT2D eigenvalue weighted by atomic mass is 32.1. The van der Waals surface area contributed by atoms with Crippen LogP contribution in [0.3, 0.4) is 0 Å². The summed E-state index contributed by atoms with van der Waals surface area (Å²) in [6.07, 6.45) is 1.62. The lowest BCUT2D eigenvalue weighted by Crippen LogP contribution is -2.08. The molecule has 1 unspecified atom stereocenters. The summed E-state index contributed by atoms with van der Waals surface area (Å²) in [6.45, 7) is 4.47. The quantitative estimate of drug-likeness (QED) is 0.806. The van der Waals surface area contributed by atoms with E-state index in [4.69, 9.17) is 10.8 Å². The second-order valence-corrected chi connectivity index (χ2v) is 4.55. The first-order valence-electron chi connectivity index (χ1n) is 5.03. The zero-order chi connectivity index (χ0) is 11.4. The molecule has 0 saturated carbocycles. The maximum absolute atomic E-state index is 11.0. The highest BCUT2D eigenvalue weighted by Crippen LogP contribution is 2.25. The lowest BCUT2D eigenvalue weighted by Gasteiger charge is -2.01. The second-order valence-electron chi connectivity index (χ2n) is 3.52. The Morgan fingerprint density at radius 2 is 2.33 bits per heavy atom. The van der Waals surface area contributed by atoms with Crippen LogP contribution in [0.25, 0.3) is 0 Å². The molecular weight excluding hydrogens is 212 g/mol. The number of nitrogens with two attached hydrogens (primary N) is 1. The SMILES string of the molecule is CCCc1nc(C(C)CN)sc1C(=O)O. The Kier molecular flexibility index (Phi) is 4.23. The van der Waals surface area contributed by atoms with Crippen molar-refractivity contribution in [1.82, 2.24) is 4.98 Å². The first-order valence-corrected chi connectivity index (χ1v) is 5.84. The fourth-order valence-corrected chi connectivity index (χ4v) is 2.27. The first-order chi connectivity index (χ1) is 7.10. The van der Waals surface area contributed by atoms with Crippen LogP contribution in [0, 0.1) is 0 Å². The van der Waals surface area contributed by atoms with E-state index in [1.54, 1.807) is 0 Å². The number of carboxylic acids is 1. The summed E-state index contributed by atoms with van der Waals surface area (Å²) in [5.41, 5.74) is 6.23. The molecule has 1 atom stereocenters. The van der Waals surface area contributed by atoms with Crippen LogP contribution in [0.15, 0.2) is 0 Å². The van der Waals surface area contributed by atoms with Crippen LogP contribution in [0.5, 0.6) is 0 Å². The summed E-state index contributed by atoms with van der Waals surface area (Å²) in [5, 5.41) is 9.83. The van der Waals surface area contributed by atoms with Crippen LogP contribution in [-0.4, -0.2) is 22.6 Å². The molecule has 0 bridgehead atoms. The van der Waals surface area contributed by atoms with Gasteiger partial charge in [0.25, 0.3) is 0 Å². The van der Waals surface area contributed by atoms with Gasteiger partial charge in [-0.1, -0.05) is 20.3 Å². The van der Waals surface area contributed by atoms with Gasteiger partial charge in [-0.2, -0.15) is 0 Å². The highest BCUT2D eigenvalue weighted by molar-refractivity contribution is 7.13. The molecule has 0 saturated heterocycles. The third kappa shape index (κ3) is 2.76. The third-order valence-corrected chi connectivity index (χ3v) is 3.49. The minimum atomic E-state index is -0.883. The molecule has 84 valence electrons. The van der Waals surface area contributed by atoms with Crippen LogP contribution in [0.4, 0.5) is 0 Å². The molecule has 0 fully saturated rings. The molecule has 0 radical (unpaired) electrons. The molecule has 3 N–H and O–H groups in total. The molecule has 0 aliphatic carbocycles. The van der Waals surface area contributed by atoms with Gasteiger partial charge in [0.2, 0.25) is 0 Å². The summed E-state index contributed by atoms with van der Waals surface area (Å²) in [5.74, 6) is -0.745. The summed E-state index contributed by atoms with van der Waals surface area (Å²) < 4.78 is 0. The van der Waals surface area contributed by atoms with Crippen LogP contribution < -0.4 is 5.73 Å². The van der Waals surface area contributed by atoms with Crippen molar-refractivity contribution in [1.29, 1.82) is 0 Å². The van der Waals surface area contributed by atoms with Crippen LogP contribution in [0.2, 0.25) is 0 Å². The molecular formula is C10H16N2O2S. The number of thiazole rings is 1. The minimum absolute atomic E-state index is 0.138. The number of aromatic carboxylic acids is 1. The molecule has 1 rings (SSSR count). The standard InChI is InChI=1S/C10H16N2O2S/c1-3-4-7-8(10(13)14)15-9(12-7)6(2)5-11/h6H,3-5,11H2,1-2H3,(H,13,14). The highest BCUT2D eigenvalue weighted by Gasteiger charge is 2.18. The summed E-state index contributed by atoms with van der Waals surface area (Å²) in [7, 11) is 0. The van der Waals surface area contributed by atoms with Gasteiger partial charge in [0, 0.05) is 12.5 Å². The van der Waals surface area contributed by atoms with E-state index in [-0.39, 0.29) is 5.92 Å². The molecule has 1 aromatic rings. The number of carboxylic acid groups (broad SMARTS) is 1. The van der Waals surface area contributed by atoms with Gasteiger partial charge in [0.15, 0.2) is 0 Å². The maximum atomic E-state index is 11.0. The van der Waals surface area contributed by atoms with Gasteiger partial charge >= 0.3 is 5.97 Å². The van der Waals surface area contributed by atoms with E-state index in [0.29, 0.717) is 17.1 Å². The Morgan fingerprint density at radius 3 is 2.80 bits per heavy atom. The number of hydrogen-bond donors (Lipinski definition) is 2. The third-order valence-electron chi connectivity index (χ3n) is 2.17. The van der Waals surface area contributed by atoms with Gasteiger partial charge < -0.3 is 10.8 Å². The Hall–Kier alpha value is -0.940. The van der Waals surface area contributed by atoms with Gasteiger partial charge in [-0.25, -0.2) is 9.78 Å². The summed E-state index contributed by atoms with van der Waals surface area (Å²) in [4.78, 5) is 15.7. The predicted octanol–water partition coefficient (Wildman–Crippen LogP) is 1.86. The number of carbonyl (C=O) groups is 1. The fourth-order valence-electron chi connectivity index (χ4n) is 1.26. The van der Waals surface area contributed by atoms with Gasteiger partial charge in [0.1, 0.15) is 4.88 Å². The average Bonchev–Trinajstić information content (AvgIpc) is 2.61. The lowest BCUT2D eigenvalue weighted by molar-refractivity contribution is 0.0700. The molecule has 1 heterocycles. The maximum Gasteiger partial charge on any atom is 0.347 e. The first kappa shape index (κ1) is 12.1. The monoisotopic (exact) mass is 228 g/mol. The van der Waals surface area contributed by atoms with E-state index < -0.39 is 5.97 Å². The molecule has 0 aromatic carbocycles. The van der Waals surface area contributed by atoms with Crippen LogP contribution in [-0.2, 0) is 6.42 Å². The van der Waals surface area contributed by atoms with E-state index in [1.165, 1.54) is 11.3 Å². The Morgan fingerprint density at radius 1 is 1.67 bits per heavy atom. The number of hydrogen-bond acceptors (Lipinski definition) is 4. The molecule has 1 aromatic heterocycles. The lowest BCUT2D eigenvalue weighted by atomic mass is 10.2. The van der Waals surface area contributed by atoms with Crippen LogP contribution >= 0.6 is 11.3 Å². The minimum Gasteiger partial charge on any atom is -0.477 e. The molecule has 0 aliphatic rings. The molecule has 15 heavy (non-hydrogen) atoms. The summed E-state index contributed by atoms with van der Waals surface area (Å²) in [6, 6.07) is 0. The molecule has 5 heteroatoms. The van der Waals surface area contributed by atoms with Crippen molar-refractivity contribution < 1.29 is 9.90 Å². The smallest absolute Gasteiger partial charge is 0.347 e. The number of aromatic nitrogens is 1. The number of nitrogens with zero attached hydrogens (tertiary/aromatic N) is 1. The van der Waals surface area contributed by atoms with Gasteiger partial charge in [-0.15, -0.1) is 11.3 Å². The molecule has 0 amide bonds. The van der Waals surface area contributed by atoms with Crippen molar-refractivity contribution in [3.8, 4) is 0 Å². The van der Waals surface area contributed by atoms with E-state index in [2.05, 4.69) is 4.98 Å². The largest absolute Gasteiger partial charge is 0.477 e. The zero-order valence-corrected chi connectivity index (χ0v) is 9.80. The fraction of sp³-hybridized carbons (Fsp3) is 0.600. The molecule has 0 spiro atoms. The van der Waals surface area contributed by atoms with Gasteiger partial charge in [0.05, 0.1) is 10.7 Å². The molecule has 4 nitrogen and oxygen atoms in total. The van der Waals surface area contributed by atoms with Gasteiger partial charge in [-0.3, -0.25) is 0 Å². The van der Waals surface area contributed by atoms with Crippen LogP contribution in [0.1, 0.15) is 46.6 Å². The van der Waals surface area contributed by atoms with E-state index in [0.717, 1.165) is 17.8 Å². The van der Waals surface area contributed by atoms with E-state index >= 15 is 0 Å². The van der Waals surface area contributed by atoms with Crippen molar-refractivity contribution in [2.24, 2.45) is 5.73 Å². The van der Waals surface area contributed by atoms with E-state index in [9.17, 15) is 4.79 Å². The van der Waals surface area contributed by atoms with E-state index in [1.807, 2.05) is 13.8 Å². The second kappa shape index (κ2) is 5.23. The van der Waals surface area contributed by atoms with Crippen molar-refractivity contribution in [3.63, 3.8) is 0 Å². The normalized spacial score (nSPS) is 12.7. The van der Waals surface area contributed by atoms with Crippen molar-refractivity contribution in [2.75, 3.05) is 6.54 Å². The Bertz CT molecular complexity index is 349. The van der Waals surface area contributed by atoms with Crippen molar-refractivity contribution in [3.05, 3.63) is 15.6 Å². The average molecular weight is 228 g/mol.